The molecular formula is C10H19N. The number of allylic oxidation sites excluding steroid dienone is 1. The fourth-order valence-corrected chi connectivity index (χ4v) is 1.78. The van der Waals surface area contributed by atoms with E-state index in [-0.39, 0.29) is 0 Å². The maximum atomic E-state index is 3.74. The number of hydrogen-bond acceptors (Lipinski definition) is 1. The molecule has 3 unspecified atom stereocenters. The van der Waals surface area contributed by atoms with Crippen LogP contribution in [0.3, 0.4) is 0 Å². The minimum Gasteiger partial charge on any atom is -0.317 e. The quantitative estimate of drug-likeness (QED) is 0.597. The first-order valence-corrected chi connectivity index (χ1v) is 4.57. The van der Waals surface area contributed by atoms with Gasteiger partial charge < -0.3 is 5.32 Å². The van der Waals surface area contributed by atoms with Gasteiger partial charge in [-0.3, -0.25) is 0 Å². The van der Waals surface area contributed by atoms with E-state index < -0.39 is 0 Å². The Morgan fingerprint density at radius 3 is 2.73 bits per heavy atom. The molecule has 0 aliphatic heterocycles. The SMILES string of the molecule is C=CCCC(NC)C1CC1C. The summed E-state index contributed by atoms with van der Waals surface area (Å²) in [5.41, 5.74) is 0. The van der Waals surface area contributed by atoms with E-state index >= 15 is 0 Å². The Morgan fingerprint density at radius 1 is 1.73 bits per heavy atom. The molecule has 0 aromatic rings. The summed E-state index contributed by atoms with van der Waals surface area (Å²) in [6.45, 7) is 6.07. The molecule has 1 aliphatic carbocycles. The molecule has 1 aliphatic rings. The highest BCUT2D eigenvalue weighted by molar-refractivity contribution is 4.92. The zero-order valence-electron chi connectivity index (χ0n) is 7.64. The molecule has 3 atom stereocenters. The lowest BCUT2D eigenvalue weighted by Crippen LogP contribution is -2.27. The van der Waals surface area contributed by atoms with Gasteiger partial charge in [-0.25, -0.2) is 0 Å². The Hall–Kier alpha value is -0.300. The van der Waals surface area contributed by atoms with E-state index in [2.05, 4.69) is 25.9 Å². The van der Waals surface area contributed by atoms with Crippen molar-refractivity contribution in [1.29, 1.82) is 0 Å². The predicted octanol–water partition coefficient (Wildman–Crippen LogP) is 2.20. The van der Waals surface area contributed by atoms with Crippen molar-refractivity contribution in [2.24, 2.45) is 11.8 Å². The topological polar surface area (TPSA) is 12.0 Å². The van der Waals surface area contributed by atoms with Crippen LogP contribution < -0.4 is 5.32 Å². The van der Waals surface area contributed by atoms with Crippen LogP contribution in [0.25, 0.3) is 0 Å². The van der Waals surface area contributed by atoms with Gasteiger partial charge in [0.25, 0.3) is 0 Å². The van der Waals surface area contributed by atoms with E-state index in [1.807, 2.05) is 6.08 Å². The summed E-state index contributed by atoms with van der Waals surface area (Å²) >= 11 is 0. The first kappa shape index (κ1) is 8.79. The van der Waals surface area contributed by atoms with Gasteiger partial charge in [-0.1, -0.05) is 13.0 Å². The van der Waals surface area contributed by atoms with E-state index in [1.165, 1.54) is 12.8 Å². The summed E-state index contributed by atoms with van der Waals surface area (Å²) in [4.78, 5) is 0. The summed E-state index contributed by atoms with van der Waals surface area (Å²) in [6, 6.07) is 0.739. The van der Waals surface area contributed by atoms with Gasteiger partial charge in [0.15, 0.2) is 0 Å². The van der Waals surface area contributed by atoms with Crippen LogP contribution in [-0.4, -0.2) is 13.1 Å². The van der Waals surface area contributed by atoms with Crippen molar-refractivity contribution in [3.63, 3.8) is 0 Å². The Bertz CT molecular complexity index is 131. The minimum atomic E-state index is 0.739. The first-order chi connectivity index (χ1) is 5.29. The molecule has 0 heterocycles. The van der Waals surface area contributed by atoms with Crippen LogP contribution in [0.2, 0.25) is 0 Å². The number of nitrogens with one attached hydrogen (secondary N) is 1. The Morgan fingerprint density at radius 2 is 2.36 bits per heavy atom. The highest BCUT2D eigenvalue weighted by Gasteiger charge is 2.37. The Labute approximate surface area is 69.9 Å². The van der Waals surface area contributed by atoms with Gasteiger partial charge in [-0.2, -0.15) is 0 Å². The van der Waals surface area contributed by atoms with Crippen LogP contribution >= 0.6 is 0 Å². The molecule has 1 saturated carbocycles. The molecule has 0 saturated heterocycles. The molecule has 1 nitrogen and oxygen atoms in total. The van der Waals surface area contributed by atoms with E-state index in [9.17, 15) is 0 Å². The molecule has 0 aromatic heterocycles. The molecule has 0 bridgehead atoms. The van der Waals surface area contributed by atoms with Crippen LogP contribution in [0.1, 0.15) is 26.2 Å². The molecule has 0 radical (unpaired) electrons. The lowest BCUT2D eigenvalue weighted by Gasteiger charge is -2.14. The van der Waals surface area contributed by atoms with Crippen LogP contribution in [0.15, 0.2) is 12.7 Å². The second-order valence-electron chi connectivity index (χ2n) is 3.64. The molecule has 1 N–H and O–H groups in total. The third kappa shape index (κ3) is 2.33. The Kier molecular flexibility index (Phi) is 3.13. The van der Waals surface area contributed by atoms with Crippen molar-refractivity contribution in [2.75, 3.05) is 7.05 Å². The first-order valence-electron chi connectivity index (χ1n) is 4.57. The molecule has 0 spiro atoms. The van der Waals surface area contributed by atoms with Gasteiger partial charge in [0, 0.05) is 6.04 Å². The largest absolute Gasteiger partial charge is 0.317 e. The van der Waals surface area contributed by atoms with E-state index in [1.54, 1.807) is 0 Å². The van der Waals surface area contributed by atoms with E-state index in [0.717, 1.165) is 24.3 Å². The predicted molar refractivity (Wildman–Crippen MR) is 49.5 cm³/mol. The average molecular weight is 153 g/mol. The standard InChI is InChI=1S/C10H19N/c1-4-5-6-10(11-3)9-7-8(9)2/h4,8-11H,1,5-7H2,2-3H3. The summed E-state index contributed by atoms with van der Waals surface area (Å²) in [6.07, 6.45) is 5.84. The molecular weight excluding hydrogens is 134 g/mol. The molecule has 64 valence electrons. The third-order valence-electron chi connectivity index (χ3n) is 2.74. The van der Waals surface area contributed by atoms with Crippen molar-refractivity contribution < 1.29 is 0 Å². The summed E-state index contributed by atoms with van der Waals surface area (Å²) in [5.74, 6) is 1.90. The van der Waals surface area contributed by atoms with Crippen molar-refractivity contribution in [3.05, 3.63) is 12.7 Å². The maximum Gasteiger partial charge on any atom is 0.00979 e. The van der Waals surface area contributed by atoms with Gasteiger partial charge in [-0.05, 0) is 38.1 Å². The van der Waals surface area contributed by atoms with Crippen LogP contribution in [0.5, 0.6) is 0 Å². The monoisotopic (exact) mass is 153 g/mol. The lowest BCUT2D eigenvalue weighted by molar-refractivity contribution is 0.455. The van der Waals surface area contributed by atoms with Gasteiger partial charge in [0.2, 0.25) is 0 Å². The molecule has 1 heteroatoms. The molecule has 0 amide bonds. The Balaban J connectivity index is 2.20. The van der Waals surface area contributed by atoms with Crippen molar-refractivity contribution in [1.82, 2.24) is 5.32 Å². The van der Waals surface area contributed by atoms with Gasteiger partial charge in [0.05, 0.1) is 0 Å². The second kappa shape index (κ2) is 3.91. The lowest BCUT2D eigenvalue weighted by atomic mass is 10.1. The van der Waals surface area contributed by atoms with E-state index in [4.69, 9.17) is 0 Å². The zero-order valence-corrected chi connectivity index (χ0v) is 7.64. The molecule has 1 rings (SSSR count). The summed E-state index contributed by atoms with van der Waals surface area (Å²) in [7, 11) is 2.07. The van der Waals surface area contributed by atoms with Crippen LogP contribution in [0.4, 0.5) is 0 Å². The highest BCUT2D eigenvalue weighted by atomic mass is 14.9. The fourth-order valence-electron chi connectivity index (χ4n) is 1.78. The minimum absolute atomic E-state index is 0.739. The maximum absolute atomic E-state index is 3.74. The smallest absolute Gasteiger partial charge is 0.00979 e. The van der Waals surface area contributed by atoms with Crippen LogP contribution in [-0.2, 0) is 0 Å². The van der Waals surface area contributed by atoms with Crippen molar-refractivity contribution in [2.45, 2.75) is 32.2 Å². The molecule has 11 heavy (non-hydrogen) atoms. The second-order valence-corrected chi connectivity index (χ2v) is 3.64. The van der Waals surface area contributed by atoms with Gasteiger partial charge in [-0.15, -0.1) is 6.58 Å². The highest BCUT2D eigenvalue weighted by Crippen LogP contribution is 2.41. The van der Waals surface area contributed by atoms with Crippen molar-refractivity contribution >= 4 is 0 Å². The summed E-state index contributed by atoms with van der Waals surface area (Å²) in [5, 5.41) is 3.38. The van der Waals surface area contributed by atoms with E-state index in [0.29, 0.717) is 0 Å². The fraction of sp³-hybridized carbons (Fsp3) is 0.800. The number of hydrogen-bond donors (Lipinski definition) is 1. The van der Waals surface area contributed by atoms with Crippen LogP contribution in [0, 0.1) is 11.8 Å². The third-order valence-corrected chi connectivity index (χ3v) is 2.74. The number of rotatable bonds is 5. The normalized spacial score (nSPS) is 31.5. The zero-order chi connectivity index (χ0) is 8.27. The molecule has 1 fully saturated rings. The van der Waals surface area contributed by atoms with Gasteiger partial charge >= 0.3 is 0 Å². The van der Waals surface area contributed by atoms with Gasteiger partial charge in [0.1, 0.15) is 0 Å². The summed E-state index contributed by atoms with van der Waals surface area (Å²) < 4.78 is 0. The molecule has 0 aromatic carbocycles. The average Bonchev–Trinajstić information content (AvgIpc) is 2.69. The van der Waals surface area contributed by atoms with Crippen molar-refractivity contribution in [3.8, 4) is 0 Å².